The Kier molecular flexibility index (Phi) is 4.18. The van der Waals surface area contributed by atoms with Gasteiger partial charge in [-0.3, -0.25) is 0 Å². The standard InChI is InChI=1S/C16H18F2N4/c1-11-14(18)15(20-13-7-5-12(17)6-8-13)21-16(19-11)22-9-3-2-4-10-22/h5-8H,2-4,9-10H2,1H3,(H,19,20,21). The Balaban J connectivity index is 1.89. The summed E-state index contributed by atoms with van der Waals surface area (Å²) in [5.74, 6) is -0.146. The van der Waals surface area contributed by atoms with Crippen LogP contribution >= 0.6 is 0 Å². The van der Waals surface area contributed by atoms with Gasteiger partial charge >= 0.3 is 0 Å². The number of benzene rings is 1. The van der Waals surface area contributed by atoms with Gasteiger partial charge in [0.2, 0.25) is 5.95 Å². The van der Waals surface area contributed by atoms with E-state index in [4.69, 9.17) is 0 Å². The lowest BCUT2D eigenvalue weighted by Crippen LogP contribution is -2.31. The van der Waals surface area contributed by atoms with E-state index in [0.717, 1.165) is 25.9 Å². The molecule has 0 bridgehead atoms. The lowest BCUT2D eigenvalue weighted by molar-refractivity contribution is 0.560. The summed E-state index contributed by atoms with van der Waals surface area (Å²) < 4.78 is 27.2. The van der Waals surface area contributed by atoms with Crippen molar-refractivity contribution in [3.63, 3.8) is 0 Å². The Morgan fingerprint density at radius 1 is 1.00 bits per heavy atom. The third-order valence-electron chi connectivity index (χ3n) is 3.75. The molecule has 1 aliphatic heterocycles. The molecule has 0 radical (unpaired) electrons. The van der Waals surface area contributed by atoms with Crippen LogP contribution in [-0.4, -0.2) is 23.1 Å². The van der Waals surface area contributed by atoms with E-state index in [0.29, 0.717) is 17.3 Å². The average molecular weight is 304 g/mol. The third kappa shape index (κ3) is 3.16. The number of nitrogens with one attached hydrogen (secondary N) is 1. The van der Waals surface area contributed by atoms with E-state index < -0.39 is 5.82 Å². The monoisotopic (exact) mass is 304 g/mol. The normalized spacial score (nSPS) is 15.0. The molecule has 0 saturated carbocycles. The molecule has 0 spiro atoms. The molecule has 0 aliphatic carbocycles. The van der Waals surface area contributed by atoms with Crippen molar-refractivity contribution < 1.29 is 8.78 Å². The number of rotatable bonds is 3. The summed E-state index contributed by atoms with van der Waals surface area (Å²) in [5.41, 5.74) is 0.892. The molecule has 3 rings (SSSR count). The van der Waals surface area contributed by atoms with E-state index in [1.807, 2.05) is 0 Å². The maximum atomic E-state index is 14.2. The zero-order valence-electron chi connectivity index (χ0n) is 12.4. The SMILES string of the molecule is Cc1nc(N2CCCCC2)nc(Nc2ccc(F)cc2)c1F. The fourth-order valence-electron chi connectivity index (χ4n) is 2.53. The van der Waals surface area contributed by atoms with E-state index in [9.17, 15) is 8.78 Å². The van der Waals surface area contributed by atoms with Crippen molar-refractivity contribution in [3.05, 3.63) is 41.6 Å². The van der Waals surface area contributed by atoms with Gasteiger partial charge in [0.1, 0.15) is 5.82 Å². The van der Waals surface area contributed by atoms with Gasteiger partial charge in [0.25, 0.3) is 0 Å². The summed E-state index contributed by atoms with van der Waals surface area (Å²) >= 11 is 0. The molecular weight excluding hydrogens is 286 g/mol. The van der Waals surface area contributed by atoms with Crippen molar-refractivity contribution in [1.29, 1.82) is 0 Å². The fraction of sp³-hybridized carbons (Fsp3) is 0.375. The molecule has 1 fully saturated rings. The first-order valence-corrected chi connectivity index (χ1v) is 7.45. The van der Waals surface area contributed by atoms with Crippen molar-refractivity contribution in [2.75, 3.05) is 23.3 Å². The summed E-state index contributed by atoms with van der Waals surface area (Å²) in [6.07, 6.45) is 3.40. The average Bonchev–Trinajstić information content (AvgIpc) is 2.54. The van der Waals surface area contributed by atoms with Crippen molar-refractivity contribution >= 4 is 17.5 Å². The molecule has 1 aromatic heterocycles. The van der Waals surface area contributed by atoms with Crippen LogP contribution in [0, 0.1) is 18.6 Å². The van der Waals surface area contributed by atoms with E-state index in [1.54, 1.807) is 19.1 Å². The van der Waals surface area contributed by atoms with Gasteiger partial charge in [0, 0.05) is 18.8 Å². The lowest BCUT2D eigenvalue weighted by Gasteiger charge is -2.27. The van der Waals surface area contributed by atoms with Crippen molar-refractivity contribution in [2.45, 2.75) is 26.2 Å². The minimum absolute atomic E-state index is 0.125. The molecule has 0 amide bonds. The van der Waals surface area contributed by atoms with Crippen molar-refractivity contribution in [3.8, 4) is 0 Å². The highest BCUT2D eigenvalue weighted by molar-refractivity contribution is 5.58. The molecule has 116 valence electrons. The maximum Gasteiger partial charge on any atom is 0.227 e. The number of aromatic nitrogens is 2. The Bertz CT molecular complexity index is 652. The molecule has 0 unspecified atom stereocenters. The Labute approximate surface area is 128 Å². The first-order chi connectivity index (χ1) is 10.6. The highest BCUT2D eigenvalue weighted by Crippen LogP contribution is 2.24. The molecule has 0 atom stereocenters. The summed E-state index contributed by atoms with van der Waals surface area (Å²) in [4.78, 5) is 10.6. The second kappa shape index (κ2) is 6.25. The van der Waals surface area contributed by atoms with Gasteiger partial charge in [-0.1, -0.05) is 0 Å². The van der Waals surface area contributed by atoms with Crippen LogP contribution in [0.5, 0.6) is 0 Å². The van der Waals surface area contributed by atoms with Crippen LogP contribution in [0.25, 0.3) is 0 Å². The first kappa shape index (κ1) is 14.7. The van der Waals surface area contributed by atoms with Gasteiger partial charge < -0.3 is 10.2 Å². The molecule has 2 heterocycles. The molecule has 22 heavy (non-hydrogen) atoms. The molecular formula is C16H18F2N4. The summed E-state index contributed by atoms with van der Waals surface area (Å²) in [7, 11) is 0. The van der Waals surface area contributed by atoms with E-state index in [1.165, 1.54) is 18.6 Å². The van der Waals surface area contributed by atoms with E-state index >= 15 is 0 Å². The number of hydrogen-bond acceptors (Lipinski definition) is 4. The number of aryl methyl sites for hydroxylation is 1. The van der Waals surface area contributed by atoms with Crippen LogP contribution in [0.4, 0.5) is 26.2 Å². The predicted molar refractivity (Wildman–Crippen MR) is 82.5 cm³/mol. The topological polar surface area (TPSA) is 41.1 Å². The lowest BCUT2D eigenvalue weighted by atomic mass is 10.1. The van der Waals surface area contributed by atoms with Crippen LogP contribution in [-0.2, 0) is 0 Å². The molecule has 6 heteroatoms. The van der Waals surface area contributed by atoms with Gasteiger partial charge in [-0.15, -0.1) is 0 Å². The maximum absolute atomic E-state index is 14.2. The summed E-state index contributed by atoms with van der Waals surface area (Å²) in [6, 6.07) is 5.74. The number of piperidine rings is 1. The van der Waals surface area contributed by atoms with Crippen LogP contribution in [0.15, 0.2) is 24.3 Å². The second-order valence-corrected chi connectivity index (χ2v) is 5.45. The van der Waals surface area contributed by atoms with E-state index in [-0.39, 0.29) is 11.6 Å². The van der Waals surface area contributed by atoms with Crippen LogP contribution in [0.3, 0.4) is 0 Å². The zero-order valence-corrected chi connectivity index (χ0v) is 12.4. The Hall–Kier alpha value is -2.24. The van der Waals surface area contributed by atoms with Crippen molar-refractivity contribution in [1.82, 2.24) is 9.97 Å². The van der Waals surface area contributed by atoms with Crippen LogP contribution in [0.2, 0.25) is 0 Å². The predicted octanol–water partition coefficient (Wildman–Crippen LogP) is 3.80. The number of hydrogen-bond donors (Lipinski definition) is 1. The van der Waals surface area contributed by atoms with Gasteiger partial charge in [0.05, 0.1) is 5.69 Å². The largest absolute Gasteiger partial charge is 0.341 e. The first-order valence-electron chi connectivity index (χ1n) is 7.45. The Morgan fingerprint density at radius 2 is 1.68 bits per heavy atom. The smallest absolute Gasteiger partial charge is 0.227 e. The highest BCUT2D eigenvalue weighted by atomic mass is 19.1. The third-order valence-corrected chi connectivity index (χ3v) is 3.75. The molecule has 1 aromatic carbocycles. The minimum atomic E-state index is -0.481. The summed E-state index contributed by atoms with van der Waals surface area (Å²) in [5, 5.41) is 2.90. The van der Waals surface area contributed by atoms with Gasteiger partial charge in [-0.2, -0.15) is 4.98 Å². The number of anilines is 3. The van der Waals surface area contributed by atoms with Crippen LogP contribution in [0.1, 0.15) is 25.0 Å². The highest BCUT2D eigenvalue weighted by Gasteiger charge is 2.18. The second-order valence-electron chi connectivity index (χ2n) is 5.45. The van der Waals surface area contributed by atoms with Gasteiger partial charge in [-0.25, -0.2) is 13.8 Å². The van der Waals surface area contributed by atoms with Crippen LogP contribution < -0.4 is 10.2 Å². The molecule has 2 aromatic rings. The quantitative estimate of drug-likeness (QED) is 0.936. The number of nitrogens with zero attached hydrogens (tertiary/aromatic N) is 3. The minimum Gasteiger partial charge on any atom is -0.341 e. The summed E-state index contributed by atoms with van der Waals surface area (Å²) in [6.45, 7) is 3.41. The fourth-order valence-corrected chi connectivity index (χ4v) is 2.53. The van der Waals surface area contributed by atoms with E-state index in [2.05, 4.69) is 20.2 Å². The Morgan fingerprint density at radius 3 is 2.36 bits per heavy atom. The molecule has 1 saturated heterocycles. The molecule has 1 aliphatic rings. The molecule has 4 nitrogen and oxygen atoms in total. The molecule has 1 N–H and O–H groups in total. The zero-order chi connectivity index (χ0) is 15.5. The van der Waals surface area contributed by atoms with Crippen molar-refractivity contribution in [2.24, 2.45) is 0 Å². The van der Waals surface area contributed by atoms with Gasteiger partial charge in [-0.05, 0) is 50.5 Å². The number of halogens is 2. The van der Waals surface area contributed by atoms with Gasteiger partial charge in [0.15, 0.2) is 11.6 Å².